The molecular weight excluding hydrogens is 317 g/mol. The van der Waals surface area contributed by atoms with Gasteiger partial charge >= 0.3 is 6.18 Å². The highest BCUT2D eigenvalue weighted by Crippen LogP contribution is 2.24. The number of hydrogen-bond donors (Lipinski definition) is 2. The molecule has 2 unspecified atom stereocenters. The van der Waals surface area contributed by atoms with Crippen molar-refractivity contribution in [1.29, 1.82) is 0 Å². The Balaban J connectivity index is 0.00000242. The predicted octanol–water partition coefficient (Wildman–Crippen LogP) is 2.55. The Kier molecular flexibility index (Phi) is 6.68. The van der Waals surface area contributed by atoms with Crippen LogP contribution in [0.5, 0.6) is 0 Å². The molecule has 7 heteroatoms. The number of amides is 1. The summed E-state index contributed by atoms with van der Waals surface area (Å²) in [5, 5.41) is 5.18. The van der Waals surface area contributed by atoms with Crippen LogP contribution in [-0.4, -0.2) is 31.2 Å². The van der Waals surface area contributed by atoms with Crippen molar-refractivity contribution in [3.8, 4) is 0 Å². The SMILES string of the molecule is CC(C(=O)NC(Cc1ccccc1)C(F)(F)F)C1CNC1.Cl. The van der Waals surface area contributed by atoms with E-state index in [1.165, 1.54) is 0 Å². The van der Waals surface area contributed by atoms with Gasteiger partial charge in [0.1, 0.15) is 6.04 Å². The topological polar surface area (TPSA) is 41.1 Å². The highest BCUT2D eigenvalue weighted by molar-refractivity contribution is 5.85. The molecule has 1 aromatic rings. The summed E-state index contributed by atoms with van der Waals surface area (Å²) >= 11 is 0. The second-order valence-electron chi connectivity index (χ2n) is 5.50. The van der Waals surface area contributed by atoms with Crippen LogP contribution in [0.1, 0.15) is 12.5 Å². The quantitative estimate of drug-likeness (QED) is 0.867. The monoisotopic (exact) mass is 336 g/mol. The molecule has 0 aliphatic carbocycles. The van der Waals surface area contributed by atoms with Crippen molar-refractivity contribution in [2.24, 2.45) is 11.8 Å². The van der Waals surface area contributed by atoms with Crippen LogP contribution in [0.4, 0.5) is 13.2 Å². The number of nitrogens with one attached hydrogen (secondary N) is 2. The fraction of sp³-hybridized carbons (Fsp3) is 0.533. The maximum Gasteiger partial charge on any atom is 0.408 e. The third-order valence-electron chi connectivity index (χ3n) is 3.93. The smallest absolute Gasteiger partial charge is 0.344 e. The Bertz CT molecular complexity index is 477. The molecular formula is C15H20ClF3N2O. The molecule has 2 N–H and O–H groups in total. The van der Waals surface area contributed by atoms with Gasteiger partial charge in [-0.3, -0.25) is 4.79 Å². The summed E-state index contributed by atoms with van der Waals surface area (Å²) in [6.07, 6.45) is -4.70. The third-order valence-corrected chi connectivity index (χ3v) is 3.93. The van der Waals surface area contributed by atoms with Crippen LogP contribution >= 0.6 is 12.4 Å². The summed E-state index contributed by atoms with van der Waals surface area (Å²) in [4.78, 5) is 12.0. The van der Waals surface area contributed by atoms with Crippen LogP contribution in [0.3, 0.4) is 0 Å². The van der Waals surface area contributed by atoms with Crippen molar-refractivity contribution in [3.63, 3.8) is 0 Å². The summed E-state index contributed by atoms with van der Waals surface area (Å²) in [5.41, 5.74) is 0.554. The number of alkyl halides is 3. The van der Waals surface area contributed by atoms with E-state index >= 15 is 0 Å². The zero-order valence-corrected chi connectivity index (χ0v) is 13.0. The van der Waals surface area contributed by atoms with Crippen LogP contribution in [-0.2, 0) is 11.2 Å². The first-order valence-corrected chi connectivity index (χ1v) is 6.99. The number of halogens is 4. The van der Waals surface area contributed by atoms with E-state index in [1.807, 2.05) is 0 Å². The van der Waals surface area contributed by atoms with Crippen molar-refractivity contribution in [1.82, 2.24) is 10.6 Å². The van der Waals surface area contributed by atoms with Crippen molar-refractivity contribution >= 4 is 18.3 Å². The Labute approximate surface area is 134 Å². The lowest BCUT2D eigenvalue weighted by atomic mass is 9.88. The maximum atomic E-state index is 13.1. The first-order valence-electron chi connectivity index (χ1n) is 6.99. The molecule has 124 valence electrons. The number of benzene rings is 1. The van der Waals surface area contributed by atoms with Gasteiger partial charge in [0.05, 0.1) is 0 Å². The van der Waals surface area contributed by atoms with Gasteiger partial charge in [0.2, 0.25) is 5.91 Å². The van der Waals surface area contributed by atoms with Crippen LogP contribution in [0, 0.1) is 11.8 Å². The Morgan fingerprint density at radius 1 is 1.32 bits per heavy atom. The summed E-state index contributed by atoms with van der Waals surface area (Å²) in [7, 11) is 0. The van der Waals surface area contributed by atoms with Gasteiger partial charge in [-0.1, -0.05) is 37.3 Å². The maximum absolute atomic E-state index is 13.1. The van der Waals surface area contributed by atoms with Crippen LogP contribution in [0.2, 0.25) is 0 Å². The van der Waals surface area contributed by atoms with Gasteiger partial charge in [0.15, 0.2) is 0 Å². The van der Waals surface area contributed by atoms with E-state index in [-0.39, 0.29) is 24.7 Å². The van der Waals surface area contributed by atoms with E-state index in [0.717, 1.165) is 0 Å². The Morgan fingerprint density at radius 3 is 2.36 bits per heavy atom. The summed E-state index contributed by atoms with van der Waals surface area (Å²) in [5.74, 6) is -0.817. The van der Waals surface area contributed by atoms with Crippen molar-refractivity contribution < 1.29 is 18.0 Å². The molecule has 1 fully saturated rings. The minimum Gasteiger partial charge on any atom is -0.344 e. The molecule has 3 nitrogen and oxygen atoms in total. The van der Waals surface area contributed by atoms with E-state index < -0.39 is 24.0 Å². The number of hydrogen-bond acceptors (Lipinski definition) is 2. The molecule has 1 aromatic carbocycles. The number of carbonyl (C=O) groups is 1. The summed E-state index contributed by atoms with van der Waals surface area (Å²) < 4.78 is 39.3. The highest BCUT2D eigenvalue weighted by Gasteiger charge is 2.42. The van der Waals surface area contributed by atoms with Crippen LogP contribution in [0.25, 0.3) is 0 Å². The number of carbonyl (C=O) groups excluding carboxylic acids is 1. The standard InChI is InChI=1S/C15H19F3N2O.ClH/c1-10(12-8-19-9-12)14(21)20-13(15(16,17)18)7-11-5-3-2-4-6-11;/h2-6,10,12-13,19H,7-9H2,1H3,(H,20,21);1H. The van der Waals surface area contributed by atoms with Crippen LogP contribution < -0.4 is 10.6 Å². The lowest BCUT2D eigenvalue weighted by molar-refractivity contribution is -0.163. The van der Waals surface area contributed by atoms with Gasteiger partial charge in [-0.25, -0.2) is 0 Å². The molecule has 22 heavy (non-hydrogen) atoms. The van der Waals surface area contributed by atoms with Gasteiger partial charge in [-0.05, 0) is 24.6 Å². The zero-order chi connectivity index (χ0) is 15.5. The van der Waals surface area contributed by atoms with Crippen molar-refractivity contribution in [2.75, 3.05) is 13.1 Å². The molecule has 0 radical (unpaired) electrons. The van der Waals surface area contributed by atoms with Gasteiger partial charge in [-0.2, -0.15) is 13.2 Å². The van der Waals surface area contributed by atoms with Crippen molar-refractivity contribution in [3.05, 3.63) is 35.9 Å². The fourth-order valence-corrected chi connectivity index (χ4v) is 2.28. The number of rotatable bonds is 5. The molecule has 0 bridgehead atoms. The first kappa shape index (κ1) is 18.8. The molecule has 2 atom stereocenters. The molecule has 1 aliphatic heterocycles. The molecule has 1 heterocycles. The highest BCUT2D eigenvalue weighted by atomic mass is 35.5. The van der Waals surface area contributed by atoms with Gasteiger partial charge in [0, 0.05) is 12.3 Å². The lowest BCUT2D eigenvalue weighted by Crippen LogP contribution is -2.53. The minimum atomic E-state index is -4.46. The molecule has 1 aliphatic rings. The third kappa shape index (κ3) is 4.88. The average molecular weight is 337 g/mol. The van der Waals surface area contributed by atoms with E-state index in [4.69, 9.17) is 0 Å². The Hall–Kier alpha value is -1.27. The second kappa shape index (κ2) is 7.83. The molecule has 2 rings (SSSR count). The zero-order valence-electron chi connectivity index (χ0n) is 12.2. The predicted molar refractivity (Wildman–Crippen MR) is 80.9 cm³/mol. The van der Waals surface area contributed by atoms with Gasteiger partial charge in [0.25, 0.3) is 0 Å². The lowest BCUT2D eigenvalue weighted by Gasteiger charge is -2.33. The normalized spacial score (nSPS) is 17.8. The van der Waals surface area contributed by atoms with E-state index in [0.29, 0.717) is 18.7 Å². The van der Waals surface area contributed by atoms with E-state index in [9.17, 15) is 18.0 Å². The fourth-order valence-electron chi connectivity index (χ4n) is 2.28. The molecule has 1 amide bonds. The van der Waals surface area contributed by atoms with Gasteiger partial charge in [-0.15, -0.1) is 12.4 Å². The molecule has 0 saturated carbocycles. The van der Waals surface area contributed by atoms with E-state index in [2.05, 4.69) is 10.6 Å². The average Bonchev–Trinajstić information content (AvgIpc) is 2.36. The van der Waals surface area contributed by atoms with Crippen LogP contribution in [0.15, 0.2) is 30.3 Å². The van der Waals surface area contributed by atoms with Crippen molar-refractivity contribution in [2.45, 2.75) is 25.6 Å². The molecule has 0 aromatic heterocycles. The summed E-state index contributed by atoms with van der Waals surface area (Å²) in [6, 6.07) is 6.54. The largest absolute Gasteiger partial charge is 0.408 e. The van der Waals surface area contributed by atoms with E-state index in [1.54, 1.807) is 37.3 Å². The minimum absolute atomic E-state index is 0. The second-order valence-corrected chi connectivity index (χ2v) is 5.50. The van der Waals surface area contributed by atoms with Gasteiger partial charge < -0.3 is 10.6 Å². The first-order chi connectivity index (χ1) is 9.88. The Morgan fingerprint density at radius 2 is 1.91 bits per heavy atom. The molecule has 0 spiro atoms. The molecule has 1 saturated heterocycles. The summed E-state index contributed by atoms with van der Waals surface area (Å²) in [6.45, 7) is 3.05.